The molecule has 0 saturated carbocycles. The first kappa shape index (κ1) is 13.8. The van der Waals surface area contributed by atoms with Crippen molar-refractivity contribution in [3.63, 3.8) is 0 Å². The summed E-state index contributed by atoms with van der Waals surface area (Å²) in [6.45, 7) is 1.91. The predicted molar refractivity (Wildman–Crippen MR) is 78.6 cm³/mol. The van der Waals surface area contributed by atoms with Gasteiger partial charge < -0.3 is 10.5 Å². The molecule has 98 valence electrons. The molecule has 0 aliphatic carbocycles. The zero-order valence-electron chi connectivity index (χ0n) is 10.1. The second-order valence-electron chi connectivity index (χ2n) is 4.05. The van der Waals surface area contributed by atoms with Crippen LogP contribution in [0, 0.1) is 12.7 Å². The Labute approximate surface area is 120 Å². The highest BCUT2D eigenvalue weighted by atomic mass is 35.5. The molecule has 0 unspecified atom stereocenters. The minimum Gasteiger partial charge on any atom is -0.453 e. The summed E-state index contributed by atoms with van der Waals surface area (Å²) in [5.74, 6) is -0.0677. The maximum Gasteiger partial charge on any atom is 0.166 e. The zero-order chi connectivity index (χ0) is 14.0. The van der Waals surface area contributed by atoms with Crippen LogP contribution in [0.15, 0.2) is 36.4 Å². The van der Waals surface area contributed by atoms with Crippen molar-refractivity contribution >= 4 is 28.8 Å². The number of rotatable bonds is 3. The number of thiocarbonyl (C=S) groups is 1. The van der Waals surface area contributed by atoms with E-state index < -0.39 is 5.82 Å². The van der Waals surface area contributed by atoms with Crippen LogP contribution in [0.25, 0.3) is 0 Å². The van der Waals surface area contributed by atoms with Gasteiger partial charge in [-0.15, -0.1) is 0 Å². The van der Waals surface area contributed by atoms with Crippen LogP contribution >= 0.6 is 23.8 Å². The van der Waals surface area contributed by atoms with Gasteiger partial charge in [0.1, 0.15) is 10.7 Å². The summed E-state index contributed by atoms with van der Waals surface area (Å²) in [7, 11) is 0. The monoisotopic (exact) mass is 295 g/mol. The summed E-state index contributed by atoms with van der Waals surface area (Å²) in [6, 6.07) is 9.59. The van der Waals surface area contributed by atoms with Crippen LogP contribution in [0.1, 0.15) is 11.1 Å². The molecule has 0 aromatic heterocycles. The number of aryl methyl sites for hydroxylation is 1. The molecule has 0 atom stereocenters. The van der Waals surface area contributed by atoms with Crippen LogP contribution in [-0.2, 0) is 0 Å². The van der Waals surface area contributed by atoms with E-state index in [1.807, 2.05) is 13.0 Å². The Bertz CT molecular complexity index is 645. The molecule has 0 amide bonds. The molecule has 2 aromatic rings. The summed E-state index contributed by atoms with van der Waals surface area (Å²) in [5, 5.41) is 0.429. The Balaban J connectivity index is 2.31. The van der Waals surface area contributed by atoms with Crippen molar-refractivity contribution in [2.75, 3.05) is 0 Å². The molecule has 2 nitrogen and oxygen atoms in total. The van der Waals surface area contributed by atoms with Gasteiger partial charge in [-0.05, 0) is 42.8 Å². The molecule has 0 bridgehead atoms. The molecule has 0 radical (unpaired) electrons. The first-order chi connectivity index (χ1) is 8.97. The fourth-order valence-electron chi connectivity index (χ4n) is 1.54. The molecule has 0 aliphatic heterocycles. The van der Waals surface area contributed by atoms with E-state index in [9.17, 15) is 4.39 Å². The average Bonchev–Trinajstić information content (AvgIpc) is 2.34. The minimum atomic E-state index is -0.540. The van der Waals surface area contributed by atoms with Gasteiger partial charge in [0.2, 0.25) is 0 Å². The van der Waals surface area contributed by atoms with E-state index in [2.05, 4.69) is 0 Å². The SMILES string of the molecule is Cc1ccc(Oc2ccc(C(N)=S)cc2F)c(Cl)c1. The molecule has 19 heavy (non-hydrogen) atoms. The molecule has 2 N–H and O–H groups in total. The second-order valence-corrected chi connectivity index (χ2v) is 4.89. The van der Waals surface area contributed by atoms with Gasteiger partial charge in [0.05, 0.1) is 5.02 Å². The zero-order valence-corrected chi connectivity index (χ0v) is 11.7. The van der Waals surface area contributed by atoms with Gasteiger partial charge in [-0.2, -0.15) is 0 Å². The molecule has 0 aliphatic rings. The molecule has 0 saturated heterocycles. The third-order valence-electron chi connectivity index (χ3n) is 2.52. The smallest absolute Gasteiger partial charge is 0.166 e. The highest BCUT2D eigenvalue weighted by Gasteiger charge is 2.09. The summed E-state index contributed by atoms with van der Waals surface area (Å²) >= 11 is 10.8. The van der Waals surface area contributed by atoms with Gasteiger partial charge in [-0.25, -0.2) is 4.39 Å². The van der Waals surface area contributed by atoms with Crippen LogP contribution in [0.4, 0.5) is 4.39 Å². The van der Waals surface area contributed by atoms with Crippen molar-refractivity contribution < 1.29 is 9.13 Å². The lowest BCUT2D eigenvalue weighted by molar-refractivity contribution is 0.442. The third kappa shape index (κ3) is 3.22. The van der Waals surface area contributed by atoms with E-state index in [4.69, 9.17) is 34.3 Å². The van der Waals surface area contributed by atoms with E-state index in [1.54, 1.807) is 18.2 Å². The van der Waals surface area contributed by atoms with Crippen LogP contribution in [0.3, 0.4) is 0 Å². The second kappa shape index (κ2) is 5.55. The summed E-state index contributed by atoms with van der Waals surface area (Å²) in [4.78, 5) is 0.138. The number of ether oxygens (including phenoxy) is 1. The Kier molecular flexibility index (Phi) is 4.02. The van der Waals surface area contributed by atoms with E-state index in [0.717, 1.165) is 5.56 Å². The van der Waals surface area contributed by atoms with Crippen molar-refractivity contribution in [2.24, 2.45) is 5.73 Å². The topological polar surface area (TPSA) is 35.2 Å². The molecular weight excluding hydrogens is 285 g/mol. The van der Waals surface area contributed by atoms with Crippen LogP contribution in [-0.4, -0.2) is 4.99 Å². The number of benzene rings is 2. The maximum absolute atomic E-state index is 13.8. The Morgan fingerprint density at radius 3 is 2.47 bits per heavy atom. The highest BCUT2D eigenvalue weighted by molar-refractivity contribution is 7.80. The van der Waals surface area contributed by atoms with Crippen molar-refractivity contribution in [2.45, 2.75) is 6.92 Å². The number of halogens is 2. The molecule has 0 fully saturated rings. The minimum absolute atomic E-state index is 0.0748. The lowest BCUT2D eigenvalue weighted by atomic mass is 10.2. The van der Waals surface area contributed by atoms with Crippen molar-refractivity contribution in [3.05, 3.63) is 58.4 Å². The first-order valence-corrected chi connectivity index (χ1v) is 6.29. The quantitative estimate of drug-likeness (QED) is 0.861. The van der Waals surface area contributed by atoms with E-state index in [0.29, 0.717) is 16.3 Å². The van der Waals surface area contributed by atoms with Crippen LogP contribution in [0.2, 0.25) is 5.02 Å². The molecular formula is C14H11ClFNOS. The van der Waals surface area contributed by atoms with Crippen molar-refractivity contribution in [1.82, 2.24) is 0 Å². The van der Waals surface area contributed by atoms with Crippen LogP contribution < -0.4 is 10.5 Å². The van der Waals surface area contributed by atoms with Crippen LogP contribution in [0.5, 0.6) is 11.5 Å². The van der Waals surface area contributed by atoms with E-state index in [-0.39, 0.29) is 10.7 Å². The average molecular weight is 296 g/mol. The van der Waals surface area contributed by atoms with Gasteiger partial charge in [-0.3, -0.25) is 0 Å². The van der Waals surface area contributed by atoms with Gasteiger partial charge in [-0.1, -0.05) is 29.9 Å². The Morgan fingerprint density at radius 2 is 1.89 bits per heavy atom. The molecule has 5 heteroatoms. The van der Waals surface area contributed by atoms with Gasteiger partial charge in [0.15, 0.2) is 11.6 Å². The molecule has 0 heterocycles. The number of hydrogen-bond acceptors (Lipinski definition) is 2. The van der Waals surface area contributed by atoms with E-state index in [1.165, 1.54) is 12.1 Å². The summed E-state index contributed by atoms with van der Waals surface area (Å²) in [5.41, 5.74) is 6.88. The fourth-order valence-corrected chi connectivity index (χ4v) is 1.94. The lowest BCUT2D eigenvalue weighted by Crippen LogP contribution is -2.09. The third-order valence-corrected chi connectivity index (χ3v) is 3.05. The predicted octanol–water partition coefficient (Wildman–Crippen LogP) is 4.21. The van der Waals surface area contributed by atoms with Gasteiger partial charge in [0.25, 0.3) is 0 Å². The standard InChI is InChI=1S/C14H11ClFNOS/c1-8-2-4-12(10(15)6-8)18-13-5-3-9(14(17)19)7-11(13)16/h2-7H,1H3,(H2,17,19). The van der Waals surface area contributed by atoms with Crippen molar-refractivity contribution in [3.8, 4) is 11.5 Å². The normalized spacial score (nSPS) is 10.3. The summed E-state index contributed by atoms with van der Waals surface area (Å²) < 4.78 is 19.3. The maximum atomic E-state index is 13.8. The number of hydrogen-bond donors (Lipinski definition) is 1. The lowest BCUT2D eigenvalue weighted by Gasteiger charge is -2.09. The first-order valence-electron chi connectivity index (χ1n) is 5.51. The van der Waals surface area contributed by atoms with E-state index >= 15 is 0 Å². The highest BCUT2D eigenvalue weighted by Crippen LogP contribution is 2.31. The fraction of sp³-hybridized carbons (Fsp3) is 0.0714. The Morgan fingerprint density at radius 1 is 1.21 bits per heavy atom. The van der Waals surface area contributed by atoms with Gasteiger partial charge in [0, 0.05) is 5.56 Å². The molecule has 2 aromatic carbocycles. The molecule has 0 spiro atoms. The largest absolute Gasteiger partial charge is 0.453 e. The number of nitrogens with two attached hydrogens (primary N) is 1. The summed E-state index contributed by atoms with van der Waals surface area (Å²) in [6.07, 6.45) is 0. The molecule has 2 rings (SSSR count). The van der Waals surface area contributed by atoms with Crippen molar-refractivity contribution in [1.29, 1.82) is 0 Å². The Hall–Kier alpha value is -1.65. The van der Waals surface area contributed by atoms with Gasteiger partial charge >= 0.3 is 0 Å².